The van der Waals surface area contributed by atoms with E-state index in [0.29, 0.717) is 6.42 Å². The SMILES string of the molecule is O=C(CC(c1ccccc1)C(F)(F)F)NCC1CCCC1O. The van der Waals surface area contributed by atoms with E-state index in [0.717, 1.165) is 12.8 Å². The van der Waals surface area contributed by atoms with Crippen molar-refractivity contribution in [1.82, 2.24) is 5.32 Å². The number of aliphatic hydroxyl groups excluding tert-OH is 1. The first-order valence-electron chi connectivity index (χ1n) is 7.44. The van der Waals surface area contributed by atoms with Gasteiger partial charge < -0.3 is 10.4 Å². The molecule has 3 nitrogen and oxygen atoms in total. The maximum absolute atomic E-state index is 13.1. The zero-order valence-corrected chi connectivity index (χ0v) is 12.1. The van der Waals surface area contributed by atoms with Crippen molar-refractivity contribution < 1.29 is 23.1 Å². The summed E-state index contributed by atoms with van der Waals surface area (Å²) in [4.78, 5) is 11.8. The third kappa shape index (κ3) is 4.47. The van der Waals surface area contributed by atoms with Crippen LogP contribution in [0.1, 0.15) is 37.2 Å². The number of halogens is 3. The molecule has 1 saturated carbocycles. The maximum atomic E-state index is 13.1. The largest absolute Gasteiger partial charge is 0.396 e. The van der Waals surface area contributed by atoms with Crippen molar-refractivity contribution in [3.63, 3.8) is 0 Å². The van der Waals surface area contributed by atoms with Crippen LogP contribution in [0.25, 0.3) is 0 Å². The van der Waals surface area contributed by atoms with Crippen molar-refractivity contribution >= 4 is 5.91 Å². The summed E-state index contributed by atoms with van der Waals surface area (Å²) in [7, 11) is 0. The van der Waals surface area contributed by atoms with Crippen LogP contribution in [0, 0.1) is 5.92 Å². The van der Waals surface area contributed by atoms with Gasteiger partial charge in [-0.1, -0.05) is 36.8 Å². The van der Waals surface area contributed by atoms with E-state index in [2.05, 4.69) is 5.32 Å². The second-order valence-electron chi connectivity index (χ2n) is 5.77. The van der Waals surface area contributed by atoms with Crippen molar-refractivity contribution in [1.29, 1.82) is 0 Å². The number of aliphatic hydroxyl groups is 1. The number of benzene rings is 1. The maximum Gasteiger partial charge on any atom is 0.396 e. The first-order valence-corrected chi connectivity index (χ1v) is 7.44. The summed E-state index contributed by atoms with van der Waals surface area (Å²) >= 11 is 0. The molecule has 1 aliphatic carbocycles. The van der Waals surface area contributed by atoms with Crippen LogP contribution in [0.3, 0.4) is 0 Å². The molecule has 0 aliphatic heterocycles. The van der Waals surface area contributed by atoms with Crippen molar-refractivity contribution in [3.05, 3.63) is 35.9 Å². The minimum atomic E-state index is -4.47. The van der Waals surface area contributed by atoms with Gasteiger partial charge in [0.2, 0.25) is 5.91 Å². The lowest BCUT2D eigenvalue weighted by Crippen LogP contribution is -2.35. The molecule has 3 atom stereocenters. The van der Waals surface area contributed by atoms with Gasteiger partial charge in [0.1, 0.15) is 0 Å². The van der Waals surface area contributed by atoms with Crippen molar-refractivity contribution in [2.45, 2.75) is 43.9 Å². The zero-order valence-electron chi connectivity index (χ0n) is 12.1. The summed E-state index contributed by atoms with van der Waals surface area (Å²) in [6.45, 7) is 0.235. The minimum Gasteiger partial charge on any atom is -0.393 e. The van der Waals surface area contributed by atoms with Gasteiger partial charge in [-0.05, 0) is 18.4 Å². The van der Waals surface area contributed by atoms with E-state index < -0.39 is 30.5 Å². The topological polar surface area (TPSA) is 49.3 Å². The summed E-state index contributed by atoms with van der Waals surface area (Å²) in [5.74, 6) is -2.49. The number of rotatable bonds is 5. The Morgan fingerprint density at radius 2 is 1.95 bits per heavy atom. The summed E-state index contributed by atoms with van der Waals surface area (Å²) in [6.07, 6.45) is -3.19. The van der Waals surface area contributed by atoms with Crippen LogP contribution < -0.4 is 5.32 Å². The molecule has 3 unspecified atom stereocenters. The van der Waals surface area contributed by atoms with E-state index in [-0.39, 0.29) is 18.0 Å². The van der Waals surface area contributed by atoms with E-state index in [1.54, 1.807) is 6.07 Å². The lowest BCUT2D eigenvalue weighted by Gasteiger charge is -2.21. The smallest absolute Gasteiger partial charge is 0.393 e. The molecule has 2 rings (SSSR count). The van der Waals surface area contributed by atoms with Crippen LogP contribution in [-0.4, -0.2) is 29.8 Å². The number of alkyl halides is 3. The van der Waals surface area contributed by atoms with E-state index in [1.165, 1.54) is 24.3 Å². The lowest BCUT2D eigenvalue weighted by atomic mass is 9.94. The normalized spacial score (nSPS) is 23.3. The van der Waals surface area contributed by atoms with Gasteiger partial charge in [-0.3, -0.25) is 4.79 Å². The average molecular weight is 315 g/mol. The van der Waals surface area contributed by atoms with Gasteiger partial charge in [0.25, 0.3) is 0 Å². The number of carbonyl (C=O) groups excluding carboxylic acids is 1. The standard InChI is InChI=1S/C16H20F3NO2/c17-16(18,19)13(11-5-2-1-3-6-11)9-15(22)20-10-12-7-4-8-14(12)21/h1-3,5-6,12-14,21H,4,7-10H2,(H,20,22). The number of hydrogen-bond donors (Lipinski definition) is 2. The van der Waals surface area contributed by atoms with Gasteiger partial charge in [-0.15, -0.1) is 0 Å². The Hall–Kier alpha value is -1.56. The molecular weight excluding hydrogens is 295 g/mol. The second kappa shape index (κ2) is 7.13. The summed E-state index contributed by atoms with van der Waals surface area (Å²) in [6, 6.07) is 7.46. The fourth-order valence-electron chi connectivity index (χ4n) is 2.87. The molecule has 0 heterocycles. The monoisotopic (exact) mass is 315 g/mol. The van der Waals surface area contributed by atoms with Gasteiger partial charge in [0.05, 0.1) is 12.0 Å². The highest BCUT2D eigenvalue weighted by Gasteiger charge is 2.41. The van der Waals surface area contributed by atoms with Gasteiger partial charge in [0, 0.05) is 18.9 Å². The Morgan fingerprint density at radius 1 is 1.27 bits per heavy atom. The molecule has 1 fully saturated rings. The van der Waals surface area contributed by atoms with E-state index in [9.17, 15) is 23.1 Å². The molecule has 22 heavy (non-hydrogen) atoms. The van der Waals surface area contributed by atoms with Crippen LogP contribution in [-0.2, 0) is 4.79 Å². The van der Waals surface area contributed by atoms with E-state index >= 15 is 0 Å². The first-order chi connectivity index (χ1) is 10.4. The van der Waals surface area contributed by atoms with E-state index in [1.807, 2.05) is 0 Å². The minimum absolute atomic E-state index is 0.0509. The van der Waals surface area contributed by atoms with E-state index in [4.69, 9.17) is 0 Å². The highest BCUT2D eigenvalue weighted by atomic mass is 19.4. The highest BCUT2D eigenvalue weighted by Crippen LogP contribution is 2.37. The van der Waals surface area contributed by atoms with Gasteiger partial charge >= 0.3 is 6.18 Å². The van der Waals surface area contributed by atoms with Gasteiger partial charge in [0.15, 0.2) is 0 Å². The molecule has 0 radical (unpaired) electrons. The molecular formula is C16H20F3NO2. The Balaban J connectivity index is 1.94. The number of amides is 1. The van der Waals surface area contributed by atoms with Crippen LogP contribution in [0.2, 0.25) is 0 Å². The third-order valence-electron chi connectivity index (χ3n) is 4.17. The predicted molar refractivity (Wildman–Crippen MR) is 76.2 cm³/mol. The molecule has 1 amide bonds. The number of carbonyl (C=O) groups is 1. The third-order valence-corrected chi connectivity index (χ3v) is 4.17. The molecule has 1 aromatic rings. The Labute approximate surface area is 127 Å². The Bertz CT molecular complexity index is 490. The molecule has 0 saturated heterocycles. The first kappa shape index (κ1) is 16.8. The summed E-state index contributed by atoms with van der Waals surface area (Å²) in [5.41, 5.74) is 0.0889. The fraction of sp³-hybridized carbons (Fsp3) is 0.562. The fourth-order valence-corrected chi connectivity index (χ4v) is 2.87. The highest BCUT2D eigenvalue weighted by molar-refractivity contribution is 5.77. The predicted octanol–water partition coefficient (Wildman–Crippen LogP) is 3.00. The van der Waals surface area contributed by atoms with Gasteiger partial charge in [-0.25, -0.2) is 0 Å². The number of nitrogens with one attached hydrogen (secondary N) is 1. The summed E-state index contributed by atoms with van der Waals surface area (Å²) < 4.78 is 39.4. The lowest BCUT2D eigenvalue weighted by molar-refractivity contribution is -0.157. The molecule has 122 valence electrons. The van der Waals surface area contributed by atoms with Crippen molar-refractivity contribution in [2.24, 2.45) is 5.92 Å². The molecule has 2 N–H and O–H groups in total. The van der Waals surface area contributed by atoms with Crippen molar-refractivity contribution in [2.75, 3.05) is 6.54 Å². The molecule has 0 spiro atoms. The molecule has 1 aromatic carbocycles. The van der Waals surface area contributed by atoms with Crippen molar-refractivity contribution in [3.8, 4) is 0 Å². The molecule has 1 aliphatic rings. The molecule has 6 heteroatoms. The second-order valence-corrected chi connectivity index (χ2v) is 5.77. The van der Waals surface area contributed by atoms with Crippen LogP contribution in [0.5, 0.6) is 0 Å². The summed E-state index contributed by atoms with van der Waals surface area (Å²) in [5, 5.41) is 12.2. The zero-order chi connectivity index (χ0) is 16.2. The Kier molecular flexibility index (Phi) is 5.45. The quantitative estimate of drug-likeness (QED) is 0.877. The van der Waals surface area contributed by atoms with Crippen LogP contribution >= 0.6 is 0 Å². The van der Waals surface area contributed by atoms with Crippen LogP contribution in [0.15, 0.2) is 30.3 Å². The van der Waals surface area contributed by atoms with Gasteiger partial charge in [-0.2, -0.15) is 13.2 Å². The average Bonchev–Trinajstić information content (AvgIpc) is 2.87. The molecule has 0 bridgehead atoms. The Morgan fingerprint density at radius 3 is 2.50 bits per heavy atom. The molecule has 0 aromatic heterocycles. The van der Waals surface area contributed by atoms with Crippen LogP contribution in [0.4, 0.5) is 13.2 Å². The number of hydrogen-bond acceptors (Lipinski definition) is 2.